The molecule has 0 bridgehead atoms. The summed E-state index contributed by atoms with van der Waals surface area (Å²) in [6.07, 6.45) is 0. The van der Waals surface area contributed by atoms with Crippen LogP contribution in [0.4, 0.5) is 0 Å². The van der Waals surface area contributed by atoms with E-state index in [2.05, 4.69) is 174 Å². The van der Waals surface area contributed by atoms with Gasteiger partial charge in [-0.25, -0.2) is 0 Å². The quantitative estimate of drug-likeness (QED) is 0.176. The van der Waals surface area contributed by atoms with E-state index in [1.165, 1.54) is 72.3 Å². The Hall–Kier alpha value is -8.52. The molecule has 0 unspecified atom stereocenters. The Labute approximate surface area is 420 Å². The van der Waals surface area contributed by atoms with E-state index >= 15 is 0 Å². The monoisotopic (exact) mass is 961 g/mol. The Morgan fingerprint density at radius 1 is 0.500 bits per heavy atom. The van der Waals surface area contributed by atoms with Crippen LogP contribution >= 0.6 is 11.6 Å². The van der Waals surface area contributed by atoms with Crippen molar-refractivity contribution in [2.24, 2.45) is 0 Å². The smallest absolute Gasteiger partial charge is 0.136 e. The molecule has 15 aromatic rings. The molecular weight excluding hydrogens is 912 g/mol. The van der Waals surface area contributed by atoms with Crippen LogP contribution in [0.3, 0.4) is 0 Å². The summed E-state index contributed by atoms with van der Waals surface area (Å²) in [6, 6.07) is 57.9. The fourth-order valence-electron chi connectivity index (χ4n) is 11.0. The molecule has 0 amide bonds. The van der Waals surface area contributed by atoms with Gasteiger partial charge in [0, 0.05) is 50.1 Å². The topological polar surface area (TPSA) is 71.2 Å². The average molecular weight is 963 g/mol. The van der Waals surface area contributed by atoms with Gasteiger partial charge in [-0.3, -0.25) is 0 Å². The van der Waals surface area contributed by atoms with Gasteiger partial charge in [0.25, 0.3) is 0 Å². The fourth-order valence-corrected chi connectivity index (χ4v) is 11.2. The second-order valence-corrected chi connectivity index (χ2v) is 19.0. The summed E-state index contributed by atoms with van der Waals surface area (Å²) < 4.78 is 34.8. The van der Waals surface area contributed by atoms with E-state index in [0.717, 1.165) is 88.3 Å². The molecule has 0 saturated heterocycles. The van der Waals surface area contributed by atoms with E-state index in [1.54, 1.807) is 14.2 Å². The molecule has 0 N–H and O–H groups in total. The molecule has 10 aromatic carbocycles. The number of ether oxygens (including phenoxy) is 2. The number of carbonyl (C=O) groups is 1. The highest BCUT2D eigenvalue weighted by molar-refractivity contribution is 6.37. The van der Waals surface area contributed by atoms with E-state index in [4.69, 9.17) is 31.3 Å². The Balaban J connectivity index is 0.000000135. The first-order chi connectivity index (χ1) is 35.1. The van der Waals surface area contributed by atoms with Crippen molar-refractivity contribution in [2.75, 3.05) is 14.2 Å². The zero-order valence-corrected chi connectivity index (χ0v) is 40.4. The van der Waals surface area contributed by atoms with E-state index in [9.17, 15) is 4.79 Å². The lowest BCUT2D eigenvalue weighted by atomic mass is 10.0. The number of benzene rings is 10. The number of fused-ring (bicyclic) bond motifs is 17. The first-order valence-corrected chi connectivity index (χ1v) is 23.9. The summed E-state index contributed by atoms with van der Waals surface area (Å²) in [5.41, 5.74) is 12.9. The second-order valence-electron chi connectivity index (χ2n) is 18.6. The summed E-state index contributed by atoms with van der Waals surface area (Å²) >= 11 is 6.78. The Kier molecular flexibility index (Phi) is 10.2. The lowest BCUT2D eigenvalue weighted by molar-refractivity contribution is -0.115. The van der Waals surface area contributed by atoms with Gasteiger partial charge in [-0.05, 0) is 157 Å². The number of furan rings is 2. The van der Waals surface area contributed by atoms with Gasteiger partial charge in [-0.15, -0.1) is 0 Å². The number of halogens is 1. The molecule has 15 rings (SSSR count). The highest BCUT2D eigenvalue weighted by Crippen LogP contribution is 2.46. The molecule has 5 heterocycles. The SMILES string of the molecule is C.COc1ccc(Cl)c2c1c1ccccc1n2-c1ccc2cc3oc4cc(C)ccc4c3cc2c1.COc1ccc2c3cc4cc5oc6cc(C)ccc6c5cc4cc3n3c4ccccc4c1c23.[2H]CC(C)=O. The molecular formula is C64H49ClN2O5. The van der Waals surface area contributed by atoms with E-state index in [0.29, 0.717) is 5.02 Å². The van der Waals surface area contributed by atoms with Crippen molar-refractivity contribution < 1.29 is 24.5 Å². The molecule has 0 aliphatic rings. The third-order valence-corrected chi connectivity index (χ3v) is 14.3. The Morgan fingerprint density at radius 3 is 1.65 bits per heavy atom. The van der Waals surface area contributed by atoms with Gasteiger partial charge < -0.3 is 32.1 Å². The maximum absolute atomic E-state index is 9.62. The minimum atomic E-state index is -0.0833. The molecule has 0 atom stereocenters. The molecule has 0 radical (unpaired) electrons. The lowest BCUT2D eigenvalue weighted by Gasteiger charge is -2.11. The zero-order chi connectivity index (χ0) is 49.1. The number of nitrogens with zero attached hydrogens (tertiary/aromatic N) is 2. The zero-order valence-electron chi connectivity index (χ0n) is 40.6. The first-order valence-electron chi connectivity index (χ1n) is 24.2. The highest BCUT2D eigenvalue weighted by atomic mass is 35.5. The number of Topliss-reactive ketones (excluding diaryl/α,β-unsaturated/α-hetero) is 1. The van der Waals surface area contributed by atoms with Gasteiger partial charge in [0.2, 0.25) is 0 Å². The number of hydrogen-bond donors (Lipinski definition) is 0. The second kappa shape index (κ2) is 16.8. The van der Waals surface area contributed by atoms with Gasteiger partial charge in [-0.1, -0.05) is 85.8 Å². The van der Waals surface area contributed by atoms with Crippen LogP contribution in [-0.2, 0) is 4.79 Å². The highest BCUT2D eigenvalue weighted by Gasteiger charge is 2.22. The standard InChI is InChI=1S/C30H20ClNO2.C30H19NO2.C3H6O.CH4/c1-17-7-10-21-23-15-19-14-20(9-8-18(19)16-28(23)34-27(21)13-17)32-25-6-4-3-5-22(25)29-26(33-2)12-11-24(31)30(29)32;1-16-7-8-19-23-13-17-14-25-22(12-18(17)15-28(23)33-27(19)11-16)20-9-10-26(32-2)29-21-5-3-4-6-24(21)31(25)30(20)29;1-3(2)4;/h3-16H,1-2H3;3-15H,1-2H3;1-2H3;1H4/i;;1D;. The number of hydrogen-bond acceptors (Lipinski definition) is 5. The van der Waals surface area contributed by atoms with Gasteiger partial charge >= 0.3 is 0 Å². The minimum Gasteiger partial charge on any atom is -0.496 e. The third kappa shape index (κ3) is 6.75. The van der Waals surface area contributed by atoms with Crippen molar-refractivity contribution in [3.8, 4) is 17.2 Å². The van der Waals surface area contributed by atoms with Crippen LogP contribution in [0.15, 0.2) is 173 Å². The van der Waals surface area contributed by atoms with Crippen LogP contribution < -0.4 is 9.47 Å². The molecule has 72 heavy (non-hydrogen) atoms. The minimum absolute atomic E-state index is 0. The summed E-state index contributed by atoms with van der Waals surface area (Å²) in [5.74, 6) is 1.65. The van der Waals surface area contributed by atoms with E-state index < -0.39 is 0 Å². The number of methoxy groups -OCH3 is 2. The van der Waals surface area contributed by atoms with Crippen molar-refractivity contribution in [1.82, 2.24) is 8.97 Å². The number of para-hydroxylation sites is 2. The molecule has 0 fully saturated rings. The summed E-state index contributed by atoms with van der Waals surface area (Å²) in [4.78, 5) is 9.62. The average Bonchev–Trinajstić information content (AvgIpc) is 4.20. The van der Waals surface area contributed by atoms with Gasteiger partial charge in [-0.2, -0.15) is 0 Å². The Bertz CT molecular complexity index is 4730. The molecule has 5 aromatic heterocycles. The summed E-state index contributed by atoms with van der Waals surface area (Å²) in [5, 5.41) is 17.0. The van der Waals surface area contributed by atoms with Gasteiger partial charge in [0.05, 0.1) is 57.6 Å². The van der Waals surface area contributed by atoms with Crippen molar-refractivity contribution >= 4 is 143 Å². The van der Waals surface area contributed by atoms with Crippen LogP contribution in [0.25, 0.3) is 131 Å². The largest absolute Gasteiger partial charge is 0.496 e. The number of aromatic nitrogens is 2. The molecule has 0 spiro atoms. The van der Waals surface area contributed by atoms with Crippen molar-refractivity contribution in [2.45, 2.75) is 35.1 Å². The van der Waals surface area contributed by atoms with Crippen LogP contribution in [0, 0.1) is 13.8 Å². The van der Waals surface area contributed by atoms with Gasteiger partial charge in [0.15, 0.2) is 0 Å². The predicted octanol–water partition coefficient (Wildman–Crippen LogP) is 18.2. The molecule has 352 valence electrons. The van der Waals surface area contributed by atoms with E-state index in [-0.39, 0.29) is 20.1 Å². The van der Waals surface area contributed by atoms with Crippen LogP contribution in [-0.4, -0.2) is 29.0 Å². The van der Waals surface area contributed by atoms with Crippen LogP contribution in [0.5, 0.6) is 11.5 Å². The lowest BCUT2D eigenvalue weighted by Crippen LogP contribution is -1.95. The molecule has 7 nitrogen and oxygen atoms in total. The molecule has 0 saturated carbocycles. The maximum Gasteiger partial charge on any atom is 0.136 e. The molecule has 0 aliphatic heterocycles. The molecule has 8 heteroatoms. The van der Waals surface area contributed by atoms with Crippen molar-refractivity contribution in [1.29, 1.82) is 0 Å². The maximum atomic E-state index is 9.62. The summed E-state index contributed by atoms with van der Waals surface area (Å²) in [7, 11) is 3.45. The van der Waals surface area contributed by atoms with Crippen molar-refractivity contribution in [3.63, 3.8) is 0 Å². The number of ketones is 1. The molecule has 0 aliphatic carbocycles. The van der Waals surface area contributed by atoms with Gasteiger partial charge in [0.1, 0.15) is 39.6 Å². The predicted molar refractivity (Wildman–Crippen MR) is 302 cm³/mol. The Morgan fingerprint density at radius 2 is 1.01 bits per heavy atom. The fraction of sp³-hybridized carbons (Fsp3) is 0.109. The van der Waals surface area contributed by atoms with E-state index in [1.807, 2.05) is 12.1 Å². The van der Waals surface area contributed by atoms with Crippen molar-refractivity contribution in [3.05, 3.63) is 180 Å². The number of carbonyl (C=O) groups excluding carboxylic acids is 1. The third-order valence-electron chi connectivity index (χ3n) is 14.0. The van der Waals surface area contributed by atoms with Crippen LogP contribution in [0.1, 0.15) is 33.7 Å². The number of rotatable bonds is 3. The van der Waals surface area contributed by atoms with Crippen LogP contribution in [0.2, 0.25) is 5.02 Å². The number of aryl methyl sites for hydroxylation is 2. The normalized spacial score (nSPS) is 11.9. The summed E-state index contributed by atoms with van der Waals surface area (Å²) in [6.45, 7) is 5.50. The first kappa shape index (κ1) is 43.5.